The Bertz CT molecular complexity index is 1650. The Hall–Kier alpha value is -3.31. The van der Waals surface area contributed by atoms with Crippen molar-refractivity contribution < 1.29 is 8.78 Å². The van der Waals surface area contributed by atoms with Gasteiger partial charge in [-0.2, -0.15) is 0 Å². The summed E-state index contributed by atoms with van der Waals surface area (Å²) in [6, 6.07) is 22.0. The summed E-state index contributed by atoms with van der Waals surface area (Å²) in [6.45, 7) is 14.6. The van der Waals surface area contributed by atoms with Crippen LogP contribution in [0.2, 0.25) is 0 Å². The molecule has 3 aliphatic carbocycles. The third kappa shape index (κ3) is 6.52. The first-order valence-corrected chi connectivity index (χ1v) is 17.0. The van der Waals surface area contributed by atoms with Crippen LogP contribution in [0.25, 0.3) is 16.6 Å². The van der Waals surface area contributed by atoms with Gasteiger partial charge in [0.2, 0.25) is 0 Å². The molecule has 4 aliphatic rings. The summed E-state index contributed by atoms with van der Waals surface area (Å²) in [4.78, 5) is 7.66. The van der Waals surface area contributed by atoms with E-state index in [2.05, 4.69) is 79.6 Å². The predicted octanol–water partition coefficient (Wildman–Crippen LogP) is 10.3. The maximum atomic E-state index is 14.5. The number of nitrogens with zero attached hydrogens (tertiary/aromatic N) is 3. The van der Waals surface area contributed by atoms with Crippen molar-refractivity contribution in [1.82, 2.24) is 14.5 Å². The molecule has 0 spiro atoms. The van der Waals surface area contributed by atoms with Gasteiger partial charge < -0.3 is 4.57 Å². The molecule has 4 fully saturated rings. The van der Waals surface area contributed by atoms with E-state index in [9.17, 15) is 8.78 Å². The Kier molecular flexibility index (Phi) is 9.03. The van der Waals surface area contributed by atoms with Gasteiger partial charge in [-0.3, -0.25) is 4.90 Å². The van der Waals surface area contributed by atoms with E-state index in [1.54, 1.807) is 6.07 Å². The molecule has 0 N–H and O–H groups in total. The van der Waals surface area contributed by atoms with Crippen LogP contribution >= 0.6 is 0 Å². The van der Waals surface area contributed by atoms with Gasteiger partial charge >= 0.3 is 0 Å². The normalized spacial score (nSPS) is 23.4. The third-order valence-electron chi connectivity index (χ3n) is 10.5. The lowest BCUT2D eigenvalue weighted by atomic mass is 9.42. The second-order valence-electron chi connectivity index (χ2n) is 14.4. The van der Waals surface area contributed by atoms with Gasteiger partial charge in [0.15, 0.2) is 0 Å². The van der Waals surface area contributed by atoms with E-state index in [1.165, 1.54) is 35.0 Å². The van der Waals surface area contributed by atoms with Crippen LogP contribution < -0.4 is 0 Å². The van der Waals surface area contributed by atoms with Crippen LogP contribution in [0.5, 0.6) is 0 Å². The molecule has 8 rings (SSSR count). The number of halogens is 2. The van der Waals surface area contributed by atoms with Crippen LogP contribution in [-0.2, 0) is 13.1 Å². The minimum atomic E-state index is -0.870. The van der Waals surface area contributed by atoms with Crippen LogP contribution in [0, 0.1) is 24.1 Å². The summed E-state index contributed by atoms with van der Waals surface area (Å²) in [5, 5.41) is 0. The molecule has 3 saturated carbocycles. The Morgan fingerprint density at radius 3 is 2.27 bits per heavy atom. The molecule has 3 nitrogen and oxygen atoms in total. The number of aromatic nitrogens is 2. The topological polar surface area (TPSA) is 21.1 Å². The van der Waals surface area contributed by atoms with Crippen molar-refractivity contribution in [2.45, 2.75) is 97.8 Å². The van der Waals surface area contributed by atoms with Gasteiger partial charge in [-0.25, -0.2) is 13.8 Å². The lowest BCUT2D eigenvalue weighted by molar-refractivity contribution is -0.220. The van der Waals surface area contributed by atoms with Crippen molar-refractivity contribution in [3.05, 3.63) is 107 Å². The summed E-state index contributed by atoms with van der Waals surface area (Å²) >= 11 is 0. The lowest BCUT2D eigenvalue weighted by Gasteiger charge is -2.66. The molecule has 238 valence electrons. The van der Waals surface area contributed by atoms with Gasteiger partial charge in [0.25, 0.3) is 0 Å². The fourth-order valence-electron chi connectivity index (χ4n) is 7.81. The highest BCUT2D eigenvalue weighted by Gasteiger charge is 2.69. The van der Waals surface area contributed by atoms with Crippen molar-refractivity contribution in [3.63, 3.8) is 0 Å². The Balaban J connectivity index is 0.000000664. The van der Waals surface area contributed by atoms with Crippen LogP contribution in [-0.4, -0.2) is 33.2 Å². The van der Waals surface area contributed by atoms with E-state index < -0.39 is 5.67 Å². The standard InChI is InChI=1S/C35H37F2N3.C5H12/c1-3-27(29-8-4-5-9-30(29)36)28-13-12-25(18-24(28)2)19-39-16-14-26(15-17-39)33-38-31-10-6-7-11-32(31)40(33)23-34-20-35(37,21-34)22-34;1-4-5(2)3/h3-13,18,26H,14-17,19-23H2,1-2H3;5H,4H2,1-3H3/b27-3+;. The summed E-state index contributed by atoms with van der Waals surface area (Å²) in [7, 11) is 0. The first kappa shape index (κ1) is 31.7. The van der Waals surface area contributed by atoms with Gasteiger partial charge in [-0.15, -0.1) is 0 Å². The van der Waals surface area contributed by atoms with Crippen LogP contribution in [0.1, 0.15) is 100 Å². The van der Waals surface area contributed by atoms with Gasteiger partial charge in [-0.1, -0.05) is 81.8 Å². The van der Waals surface area contributed by atoms with Crippen molar-refractivity contribution in [1.29, 1.82) is 0 Å². The molecule has 1 saturated heterocycles. The van der Waals surface area contributed by atoms with Crippen LogP contribution in [0.15, 0.2) is 72.8 Å². The molecule has 1 aliphatic heterocycles. The molecule has 0 amide bonds. The second kappa shape index (κ2) is 12.8. The van der Waals surface area contributed by atoms with E-state index in [4.69, 9.17) is 4.98 Å². The highest BCUT2D eigenvalue weighted by molar-refractivity contribution is 5.81. The molecule has 2 heterocycles. The minimum absolute atomic E-state index is 0.150. The SMILES string of the molecule is C/C=C(\c1ccc(CN2CCC(c3nc4ccccc4n3CC34CC(F)(C3)C4)CC2)cc1C)c1ccccc1F.CCC(C)C. The van der Waals surface area contributed by atoms with E-state index in [0.717, 1.165) is 80.9 Å². The number of alkyl halides is 1. The van der Waals surface area contributed by atoms with Crippen molar-refractivity contribution in [2.75, 3.05) is 13.1 Å². The van der Waals surface area contributed by atoms with Crippen LogP contribution in [0.3, 0.4) is 0 Å². The maximum absolute atomic E-state index is 14.5. The number of piperidine rings is 1. The van der Waals surface area contributed by atoms with E-state index in [-0.39, 0.29) is 11.2 Å². The number of likely N-dealkylation sites (tertiary alicyclic amines) is 1. The molecule has 5 heteroatoms. The third-order valence-corrected chi connectivity index (χ3v) is 10.5. The average molecular weight is 610 g/mol. The smallest absolute Gasteiger partial charge is 0.131 e. The molecule has 3 aromatic carbocycles. The minimum Gasteiger partial charge on any atom is -0.327 e. The molecule has 4 aromatic rings. The van der Waals surface area contributed by atoms with Crippen LogP contribution in [0.4, 0.5) is 8.78 Å². The molecule has 0 atom stereocenters. The fourth-order valence-corrected chi connectivity index (χ4v) is 7.81. The van der Waals surface area contributed by atoms with Crippen molar-refractivity contribution >= 4 is 16.6 Å². The van der Waals surface area contributed by atoms with E-state index in [1.807, 2.05) is 25.1 Å². The number of fused-ring (bicyclic) bond motifs is 1. The van der Waals surface area contributed by atoms with Crippen molar-refractivity contribution in [3.8, 4) is 0 Å². The quantitative estimate of drug-likeness (QED) is 0.198. The number of allylic oxidation sites excluding steroid dienone is 1. The molecular formula is C40H49F2N3. The summed E-state index contributed by atoms with van der Waals surface area (Å²) in [5.74, 6) is 2.32. The number of benzene rings is 3. The summed E-state index contributed by atoms with van der Waals surface area (Å²) in [5.41, 5.74) is 6.66. The number of aryl methyl sites for hydroxylation is 1. The number of rotatable bonds is 8. The molecule has 1 aromatic heterocycles. The van der Waals surface area contributed by atoms with Crippen molar-refractivity contribution in [2.24, 2.45) is 11.3 Å². The van der Waals surface area contributed by atoms with E-state index >= 15 is 0 Å². The van der Waals surface area contributed by atoms with Gasteiger partial charge in [0.1, 0.15) is 17.3 Å². The number of hydrogen-bond donors (Lipinski definition) is 0. The molecule has 2 bridgehead atoms. The summed E-state index contributed by atoms with van der Waals surface area (Å²) < 4.78 is 31.2. The summed E-state index contributed by atoms with van der Waals surface area (Å²) in [6.07, 6.45) is 7.63. The Labute approximate surface area is 268 Å². The monoisotopic (exact) mass is 609 g/mol. The number of imidazole rings is 1. The Morgan fingerprint density at radius 1 is 0.978 bits per heavy atom. The zero-order valence-corrected chi connectivity index (χ0v) is 27.8. The predicted molar refractivity (Wildman–Crippen MR) is 183 cm³/mol. The molecule has 0 radical (unpaired) electrons. The van der Waals surface area contributed by atoms with Gasteiger partial charge in [0, 0.05) is 24.6 Å². The maximum Gasteiger partial charge on any atom is 0.131 e. The number of hydrogen-bond acceptors (Lipinski definition) is 2. The van der Waals surface area contributed by atoms with Gasteiger partial charge in [0.05, 0.1) is 11.0 Å². The zero-order valence-electron chi connectivity index (χ0n) is 27.8. The second-order valence-corrected chi connectivity index (χ2v) is 14.4. The Morgan fingerprint density at radius 2 is 1.64 bits per heavy atom. The largest absolute Gasteiger partial charge is 0.327 e. The number of para-hydroxylation sites is 2. The average Bonchev–Trinajstić information content (AvgIpc) is 3.37. The fraction of sp³-hybridized carbons (Fsp3) is 0.475. The first-order chi connectivity index (χ1) is 21.6. The molecule has 0 unspecified atom stereocenters. The highest BCUT2D eigenvalue weighted by atomic mass is 19.1. The molecular weight excluding hydrogens is 560 g/mol. The highest BCUT2D eigenvalue weighted by Crippen LogP contribution is 2.70. The lowest BCUT2D eigenvalue weighted by Crippen LogP contribution is -2.65. The van der Waals surface area contributed by atoms with Gasteiger partial charge in [-0.05, 0) is 111 Å². The zero-order chi connectivity index (χ0) is 31.8. The molecule has 45 heavy (non-hydrogen) atoms. The first-order valence-electron chi connectivity index (χ1n) is 17.0. The van der Waals surface area contributed by atoms with E-state index in [0.29, 0.717) is 11.5 Å².